The first-order chi connectivity index (χ1) is 11.9. The summed E-state index contributed by atoms with van der Waals surface area (Å²) in [5.41, 5.74) is 7.50. The molecule has 1 aliphatic rings. The third-order valence-corrected chi connectivity index (χ3v) is 4.97. The zero-order valence-corrected chi connectivity index (χ0v) is 13.5. The van der Waals surface area contributed by atoms with Crippen LogP contribution in [0.4, 0.5) is 14.6 Å². The molecule has 1 saturated heterocycles. The van der Waals surface area contributed by atoms with Gasteiger partial charge in [0.25, 0.3) is 0 Å². The van der Waals surface area contributed by atoms with Crippen molar-refractivity contribution in [1.82, 2.24) is 14.5 Å². The summed E-state index contributed by atoms with van der Waals surface area (Å²) in [6.45, 7) is -0.721. The molecule has 0 radical (unpaired) electrons. The van der Waals surface area contributed by atoms with Gasteiger partial charge >= 0.3 is 5.92 Å². The van der Waals surface area contributed by atoms with Gasteiger partial charge in [-0.2, -0.15) is 20.1 Å². The van der Waals surface area contributed by atoms with Crippen LogP contribution < -0.4 is 5.73 Å². The van der Waals surface area contributed by atoms with Crippen LogP contribution in [0.1, 0.15) is 6.23 Å². The van der Waals surface area contributed by atoms with Crippen molar-refractivity contribution < 1.29 is 23.7 Å². The summed E-state index contributed by atoms with van der Waals surface area (Å²) in [5.74, 6) is -3.45. The topological polar surface area (TPSA) is 106 Å². The van der Waals surface area contributed by atoms with Crippen molar-refractivity contribution in [2.45, 2.75) is 24.4 Å². The van der Waals surface area contributed by atoms with Crippen LogP contribution >= 0.6 is 11.3 Å². The summed E-state index contributed by atoms with van der Waals surface area (Å²) in [5, 5.41) is 23.1. The van der Waals surface area contributed by atoms with Gasteiger partial charge in [0.2, 0.25) is 6.23 Å². The molecule has 25 heavy (non-hydrogen) atoms. The molecule has 0 amide bonds. The summed E-state index contributed by atoms with van der Waals surface area (Å²) in [6.07, 6.45) is -2.68. The molecule has 0 spiro atoms. The summed E-state index contributed by atoms with van der Waals surface area (Å²) < 4.78 is 35.4. The maximum atomic E-state index is 14.5. The van der Waals surface area contributed by atoms with Gasteiger partial charge in [-0.25, -0.2) is 9.97 Å². The monoisotopic (exact) mass is 368 g/mol. The number of ether oxygens (including phenoxy) is 1. The number of hydrogen-bond donors (Lipinski definition) is 3. The SMILES string of the molecule is Nc1ncnc2c1c(-c1ccsc1)cn2[C@@H]1O[C@H](CO)[C@@H](O)C1(F)F. The van der Waals surface area contributed by atoms with Crippen molar-refractivity contribution >= 4 is 28.2 Å². The Morgan fingerprint density at radius 1 is 1.40 bits per heavy atom. The van der Waals surface area contributed by atoms with E-state index in [2.05, 4.69) is 9.97 Å². The summed E-state index contributed by atoms with van der Waals surface area (Å²) in [6, 6.07) is 1.83. The van der Waals surface area contributed by atoms with Crippen LogP contribution in [0.25, 0.3) is 22.2 Å². The van der Waals surface area contributed by atoms with Crippen molar-refractivity contribution in [2.24, 2.45) is 0 Å². The lowest BCUT2D eigenvalue weighted by atomic mass is 10.1. The molecule has 0 aromatic carbocycles. The van der Waals surface area contributed by atoms with Crippen LogP contribution in [0.3, 0.4) is 0 Å². The molecule has 4 rings (SSSR count). The highest BCUT2D eigenvalue weighted by Gasteiger charge is 2.59. The molecule has 3 atom stereocenters. The average Bonchev–Trinajstić information content (AvgIpc) is 3.27. The molecule has 1 aliphatic heterocycles. The Morgan fingerprint density at radius 2 is 2.20 bits per heavy atom. The standard InChI is InChI=1S/C15H14F2N4O3S/c16-15(17)11(23)9(4-22)24-14(15)21-3-8(7-1-2-25-5-7)10-12(18)19-6-20-13(10)21/h1-3,5-6,9,11,14,22-23H,4H2,(H2,18,19,20)/t9-,11-,14-/m1/s1. The van der Waals surface area contributed by atoms with Gasteiger partial charge in [0.1, 0.15) is 23.9 Å². The smallest absolute Gasteiger partial charge is 0.320 e. The molecular formula is C15H14F2N4O3S. The number of nitrogens with zero attached hydrogens (tertiary/aromatic N) is 3. The van der Waals surface area contributed by atoms with E-state index in [1.165, 1.54) is 23.9 Å². The Hall–Kier alpha value is -2.14. The Morgan fingerprint density at radius 3 is 2.84 bits per heavy atom. The highest BCUT2D eigenvalue weighted by atomic mass is 32.1. The summed E-state index contributed by atoms with van der Waals surface area (Å²) >= 11 is 1.45. The van der Waals surface area contributed by atoms with Crippen molar-refractivity contribution in [1.29, 1.82) is 0 Å². The fourth-order valence-corrected chi connectivity index (χ4v) is 3.70. The molecule has 0 bridgehead atoms. The second-order valence-electron chi connectivity index (χ2n) is 5.75. The number of nitrogens with two attached hydrogens (primary N) is 1. The number of rotatable bonds is 3. The highest BCUT2D eigenvalue weighted by molar-refractivity contribution is 7.08. The Labute approximate surface area is 144 Å². The first-order valence-electron chi connectivity index (χ1n) is 7.41. The molecule has 4 heterocycles. The van der Waals surface area contributed by atoms with Gasteiger partial charge in [0.15, 0.2) is 6.10 Å². The fourth-order valence-electron chi connectivity index (χ4n) is 3.04. The maximum absolute atomic E-state index is 14.5. The van der Waals surface area contributed by atoms with E-state index in [0.717, 1.165) is 10.1 Å². The minimum Gasteiger partial charge on any atom is -0.394 e. The number of nitrogen functional groups attached to an aromatic ring is 1. The van der Waals surface area contributed by atoms with Crippen LogP contribution in [-0.4, -0.2) is 49.5 Å². The van der Waals surface area contributed by atoms with E-state index in [1.807, 2.05) is 16.8 Å². The number of fused-ring (bicyclic) bond motifs is 1. The Kier molecular flexibility index (Phi) is 3.72. The van der Waals surface area contributed by atoms with Crippen molar-refractivity contribution in [3.8, 4) is 11.1 Å². The molecular weight excluding hydrogens is 354 g/mol. The molecule has 3 aromatic rings. The van der Waals surface area contributed by atoms with Crippen LogP contribution in [-0.2, 0) is 4.74 Å². The Balaban J connectivity index is 1.93. The average molecular weight is 368 g/mol. The number of alkyl halides is 2. The zero-order chi connectivity index (χ0) is 17.8. The second-order valence-corrected chi connectivity index (χ2v) is 6.53. The molecule has 3 aromatic heterocycles. The van der Waals surface area contributed by atoms with Crippen LogP contribution in [0.5, 0.6) is 0 Å². The first kappa shape index (κ1) is 16.3. The van der Waals surface area contributed by atoms with Gasteiger partial charge < -0.3 is 20.7 Å². The number of thiophene rings is 1. The summed E-state index contributed by atoms with van der Waals surface area (Å²) in [7, 11) is 0. The molecule has 0 unspecified atom stereocenters. The summed E-state index contributed by atoms with van der Waals surface area (Å²) in [4.78, 5) is 8.02. The lowest BCUT2D eigenvalue weighted by molar-refractivity contribution is -0.137. The number of halogens is 2. The lowest BCUT2D eigenvalue weighted by Crippen LogP contribution is -2.39. The molecule has 1 fully saturated rings. The predicted octanol–water partition coefficient (Wildman–Crippen LogP) is 1.63. The van der Waals surface area contributed by atoms with Gasteiger partial charge in [-0.3, -0.25) is 4.57 Å². The van der Waals surface area contributed by atoms with Crippen LogP contribution in [0.15, 0.2) is 29.4 Å². The quantitative estimate of drug-likeness (QED) is 0.649. The molecule has 7 nitrogen and oxygen atoms in total. The number of aliphatic hydroxyl groups excluding tert-OH is 2. The minimum atomic E-state index is -3.61. The zero-order valence-electron chi connectivity index (χ0n) is 12.7. The van der Waals surface area contributed by atoms with Crippen molar-refractivity contribution in [3.63, 3.8) is 0 Å². The first-order valence-corrected chi connectivity index (χ1v) is 8.35. The number of hydrogen-bond acceptors (Lipinski definition) is 7. The highest BCUT2D eigenvalue weighted by Crippen LogP contribution is 2.45. The van der Waals surface area contributed by atoms with E-state index in [9.17, 15) is 19.0 Å². The molecule has 4 N–H and O–H groups in total. The normalized spacial score (nSPS) is 25.7. The third kappa shape index (κ3) is 2.33. The van der Waals surface area contributed by atoms with Gasteiger partial charge in [-0.15, -0.1) is 0 Å². The van der Waals surface area contributed by atoms with E-state index in [-0.39, 0.29) is 11.5 Å². The van der Waals surface area contributed by atoms with Gasteiger partial charge in [-0.1, -0.05) is 0 Å². The van der Waals surface area contributed by atoms with Crippen LogP contribution in [0.2, 0.25) is 0 Å². The van der Waals surface area contributed by atoms with Gasteiger partial charge in [0, 0.05) is 11.8 Å². The lowest BCUT2D eigenvalue weighted by Gasteiger charge is -2.21. The van der Waals surface area contributed by atoms with E-state index >= 15 is 0 Å². The largest absolute Gasteiger partial charge is 0.394 e. The number of anilines is 1. The number of aliphatic hydroxyl groups is 2. The maximum Gasteiger partial charge on any atom is 0.320 e. The number of aromatic nitrogens is 3. The van der Waals surface area contributed by atoms with E-state index < -0.39 is 31.0 Å². The van der Waals surface area contributed by atoms with Crippen LogP contribution in [0, 0.1) is 0 Å². The van der Waals surface area contributed by atoms with Crippen molar-refractivity contribution in [2.75, 3.05) is 12.3 Å². The Bertz CT molecular complexity index is 915. The van der Waals surface area contributed by atoms with Gasteiger partial charge in [0.05, 0.1) is 12.0 Å². The molecule has 0 aliphatic carbocycles. The molecule has 10 heteroatoms. The van der Waals surface area contributed by atoms with Gasteiger partial charge in [-0.05, 0) is 22.4 Å². The predicted molar refractivity (Wildman–Crippen MR) is 87.2 cm³/mol. The fraction of sp³-hybridized carbons (Fsp3) is 0.333. The van der Waals surface area contributed by atoms with Crippen molar-refractivity contribution in [3.05, 3.63) is 29.4 Å². The second kappa shape index (κ2) is 5.70. The molecule has 0 saturated carbocycles. The minimum absolute atomic E-state index is 0.158. The molecule has 132 valence electrons. The van der Waals surface area contributed by atoms with E-state index in [1.54, 1.807) is 0 Å². The van der Waals surface area contributed by atoms with E-state index in [0.29, 0.717) is 10.9 Å². The third-order valence-electron chi connectivity index (χ3n) is 4.28. The van der Waals surface area contributed by atoms with E-state index in [4.69, 9.17) is 10.5 Å².